The molecule has 0 N–H and O–H groups in total. The monoisotopic (exact) mass is 333 g/mol. The molecule has 0 spiro atoms. The third-order valence-corrected chi connectivity index (χ3v) is 3.05. The van der Waals surface area contributed by atoms with Crippen molar-refractivity contribution in [2.24, 2.45) is 0 Å². The van der Waals surface area contributed by atoms with Gasteiger partial charge < -0.3 is 9.29 Å². The lowest BCUT2D eigenvalue weighted by molar-refractivity contribution is -0.248. The van der Waals surface area contributed by atoms with Gasteiger partial charge in [0.25, 0.3) is 6.10 Å². The molecule has 1 rings (SSSR count). The summed E-state index contributed by atoms with van der Waals surface area (Å²) < 4.78 is 97.8. The Morgan fingerprint density at radius 3 is 1.95 bits per heavy atom. The van der Waals surface area contributed by atoms with Gasteiger partial charge in [-0.25, -0.2) is 13.2 Å². The quantitative estimate of drug-likeness (QED) is 0.477. The summed E-state index contributed by atoms with van der Waals surface area (Å²) in [5.41, 5.74) is -0.522. The maximum absolute atomic E-state index is 13.1. The van der Waals surface area contributed by atoms with Crippen LogP contribution in [0.4, 0.5) is 22.0 Å². The van der Waals surface area contributed by atoms with Gasteiger partial charge in [-0.1, -0.05) is 18.2 Å². The SMILES string of the molecule is O=C(OC(C(F)(F)F)C(F)(F)S(=O)(=O)[O-])c1ccccc1. The summed E-state index contributed by atoms with van der Waals surface area (Å²) in [7, 11) is -6.69. The minimum absolute atomic E-state index is 0.522. The van der Waals surface area contributed by atoms with E-state index in [1.54, 1.807) is 0 Å². The number of hydrogen-bond donors (Lipinski definition) is 0. The van der Waals surface area contributed by atoms with E-state index >= 15 is 0 Å². The van der Waals surface area contributed by atoms with Crippen molar-refractivity contribution in [1.29, 1.82) is 0 Å². The molecule has 0 saturated carbocycles. The molecular weight excluding hydrogens is 327 g/mol. The van der Waals surface area contributed by atoms with Gasteiger partial charge in [-0.05, 0) is 12.1 Å². The van der Waals surface area contributed by atoms with Crippen LogP contribution in [0.1, 0.15) is 10.4 Å². The normalized spacial score (nSPS) is 14.6. The zero-order valence-corrected chi connectivity index (χ0v) is 10.6. The molecule has 0 fully saturated rings. The van der Waals surface area contributed by atoms with Crippen molar-refractivity contribution in [2.75, 3.05) is 0 Å². The fourth-order valence-corrected chi connectivity index (χ4v) is 1.65. The first-order valence-corrected chi connectivity index (χ1v) is 6.44. The highest BCUT2D eigenvalue weighted by atomic mass is 32.2. The van der Waals surface area contributed by atoms with Gasteiger partial charge >= 0.3 is 17.4 Å². The molecule has 1 aromatic rings. The molecule has 0 aliphatic rings. The Hall–Kier alpha value is -1.75. The summed E-state index contributed by atoms with van der Waals surface area (Å²) >= 11 is 0. The molecule has 0 radical (unpaired) electrons. The van der Waals surface area contributed by atoms with Crippen molar-refractivity contribution in [3.05, 3.63) is 35.9 Å². The first-order chi connectivity index (χ1) is 9.37. The molecule has 0 aliphatic carbocycles. The van der Waals surface area contributed by atoms with Gasteiger partial charge in [0.2, 0.25) is 0 Å². The summed E-state index contributed by atoms with van der Waals surface area (Å²) in [6.07, 6.45) is -10.4. The number of hydrogen-bond acceptors (Lipinski definition) is 5. The highest BCUT2D eigenvalue weighted by Crippen LogP contribution is 2.38. The molecule has 0 heterocycles. The highest BCUT2D eigenvalue weighted by molar-refractivity contribution is 7.86. The van der Waals surface area contributed by atoms with E-state index in [0.717, 1.165) is 12.1 Å². The smallest absolute Gasteiger partial charge is 0.432 e. The number of halogens is 5. The lowest BCUT2D eigenvalue weighted by atomic mass is 10.2. The third-order valence-electron chi connectivity index (χ3n) is 2.17. The van der Waals surface area contributed by atoms with Gasteiger partial charge in [0.15, 0.2) is 10.1 Å². The molecular formula is C10H6F5O5S-. The Labute approximate surface area is 115 Å². The topological polar surface area (TPSA) is 83.5 Å². The lowest BCUT2D eigenvalue weighted by Gasteiger charge is -2.29. The average Bonchev–Trinajstić information content (AvgIpc) is 2.33. The number of carbonyl (C=O) groups excluding carboxylic acids is 1. The van der Waals surface area contributed by atoms with Crippen molar-refractivity contribution in [3.8, 4) is 0 Å². The molecule has 0 amide bonds. The molecule has 1 aromatic carbocycles. The van der Waals surface area contributed by atoms with Crippen LogP contribution in [0.5, 0.6) is 0 Å². The fourth-order valence-electron chi connectivity index (χ4n) is 1.21. The average molecular weight is 333 g/mol. The van der Waals surface area contributed by atoms with E-state index in [2.05, 4.69) is 4.74 Å². The molecule has 21 heavy (non-hydrogen) atoms. The second kappa shape index (κ2) is 5.56. The Bertz CT molecular complexity index is 610. The van der Waals surface area contributed by atoms with Gasteiger partial charge in [0, 0.05) is 0 Å². The van der Waals surface area contributed by atoms with Gasteiger partial charge in [-0.2, -0.15) is 22.0 Å². The van der Waals surface area contributed by atoms with E-state index in [0.29, 0.717) is 0 Å². The number of carbonyl (C=O) groups is 1. The lowest BCUT2D eigenvalue weighted by Crippen LogP contribution is -2.52. The van der Waals surface area contributed by atoms with E-state index in [9.17, 15) is 39.7 Å². The molecule has 0 aromatic heterocycles. The standard InChI is InChI=1S/C10H7F5O5S/c11-9(12,13)8(10(14,15)21(17,18)19)20-7(16)6-4-2-1-3-5-6/h1-5,8H,(H,17,18,19)/p-1. The van der Waals surface area contributed by atoms with Crippen molar-refractivity contribution in [1.82, 2.24) is 0 Å². The number of benzene rings is 1. The van der Waals surface area contributed by atoms with E-state index in [-0.39, 0.29) is 0 Å². The zero-order chi connectivity index (χ0) is 16.5. The molecule has 0 aliphatic heterocycles. The largest absolute Gasteiger partial charge is 0.743 e. The van der Waals surface area contributed by atoms with Gasteiger partial charge in [0.05, 0.1) is 5.56 Å². The van der Waals surface area contributed by atoms with Crippen LogP contribution in [0.25, 0.3) is 0 Å². The third kappa shape index (κ3) is 3.88. The fraction of sp³-hybridized carbons (Fsp3) is 0.300. The summed E-state index contributed by atoms with van der Waals surface area (Å²) in [6, 6.07) is 5.72. The molecule has 1 atom stereocenters. The number of ether oxygens (including phenoxy) is 1. The second-order valence-corrected chi connectivity index (χ2v) is 5.16. The summed E-state index contributed by atoms with van der Waals surface area (Å²) in [6.45, 7) is 0. The Balaban J connectivity index is 3.16. The van der Waals surface area contributed by atoms with E-state index in [1.807, 2.05) is 0 Å². The van der Waals surface area contributed by atoms with Crippen LogP contribution in [0.2, 0.25) is 0 Å². The number of esters is 1. The Morgan fingerprint density at radius 1 is 1.10 bits per heavy atom. The second-order valence-electron chi connectivity index (χ2n) is 3.71. The first-order valence-electron chi connectivity index (χ1n) is 5.03. The predicted octanol–water partition coefficient (Wildman–Crippen LogP) is 1.91. The minimum atomic E-state index is -6.69. The number of alkyl halides is 5. The summed E-state index contributed by atoms with van der Waals surface area (Å²) in [5, 5.41) is -5.85. The molecule has 11 heteroatoms. The maximum atomic E-state index is 13.1. The van der Waals surface area contributed by atoms with E-state index in [1.165, 1.54) is 18.2 Å². The highest BCUT2D eigenvalue weighted by Gasteiger charge is 2.62. The van der Waals surface area contributed by atoms with Crippen LogP contribution >= 0.6 is 0 Å². The number of rotatable bonds is 4. The van der Waals surface area contributed by atoms with Crippen molar-refractivity contribution < 1.29 is 44.5 Å². The Morgan fingerprint density at radius 2 is 1.57 bits per heavy atom. The molecule has 1 unspecified atom stereocenters. The van der Waals surface area contributed by atoms with Crippen LogP contribution < -0.4 is 0 Å². The summed E-state index contributed by atoms with van der Waals surface area (Å²) in [5.74, 6) is -1.85. The van der Waals surface area contributed by atoms with E-state index < -0.39 is 39.2 Å². The molecule has 5 nitrogen and oxygen atoms in total. The predicted molar refractivity (Wildman–Crippen MR) is 56.3 cm³/mol. The first kappa shape index (κ1) is 17.3. The van der Waals surface area contributed by atoms with Crippen molar-refractivity contribution in [2.45, 2.75) is 17.5 Å². The van der Waals surface area contributed by atoms with Crippen molar-refractivity contribution >= 4 is 16.1 Å². The van der Waals surface area contributed by atoms with Crippen LogP contribution in [-0.2, 0) is 14.9 Å². The van der Waals surface area contributed by atoms with Gasteiger partial charge in [-0.15, -0.1) is 0 Å². The van der Waals surface area contributed by atoms with Gasteiger partial charge in [-0.3, -0.25) is 0 Å². The van der Waals surface area contributed by atoms with Crippen LogP contribution in [0.15, 0.2) is 30.3 Å². The maximum Gasteiger partial charge on any atom is 0.432 e. The van der Waals surface area contributed by atoms with Crippen molar-refractivity contribution in [3.63, 3.8) is 0 Å². The summed E-state index contributed by atoms with van der Waals surface area (Å²) in [4.78, 5) is 11.3. The molecule has 118 valence electrons. The zero-order valence-electron chi connectivity index (χ0n) is 9.80. The molecule has 0 saturated heterocycles. The van der Waals surface area contributed by atoms with Gasteiger partial charge in [0.1, 0.15) is 0 Å². The van der Waals surface area contributed by atoms with Crippen LogP contribution in [0.3, 0.4) is 0 Å². The Kier molecular flexibility index (Phi) is 4.58. The molecule has 0 bridgehead atoms. The minimum Gasteiger partial charge on any atom is -0.743 e. The van der Waals surface area contributed by atoms with Crippen LogP contribution in [0, 0.1) is 0 Å². The van der Waals surface area contributed by atoms with Crippen LogP contribution in [-0.4, -0.2) is 36.5 Å². The van der Waals surface area contributed by atoms with E-state index in [4.69, 9.17) is 0 Å².